The number of rotatable bonds is 6. The quantitative estimate of drug-likeness (QED) is 0.851. The fraction of sp³-hybridized carbons (Fsp3) is 0.435. The van der Waals surface area contributed by atoms with E-state index in [4.69, 9.17) is 0 Å². The summed E-state index contributed by atoms with van der Waals surface area (Å²) in [4.78, 5) is 17.0. The monoisotopic (exact) mass is 365 g/mol. The molecule has 27 heavy (non-hydrogen) atoms. The van der Waals surface area contributed by atoms with E-state index in [-0.39, 0.29) is 11.9 Å². The Morgan fingerprint density at radius 2 is 1.48 bits per heavy atom. The molecule has 0 aromatic heterocycles. The Bertz CT molecular complexity index is 729. The van der Waals surface area contributed by atoms with E-state index in [1.165, 1.54) is 16.7 Å². The molecule has 2 aromatic carbocycles. The first-order chi connectivity index (χ1) is 13.1. The smallest absolute Gasteiger partial charge is 0.253 e. The Kier molecular flexibility index (Phi) is 6.64. The maximum absolute atomic E-state index is 12.6. The highest BCUT2D eigenvalue weighted by molar-refractivity contribution is 5.94. The molecule has 3 rings (SSSR count). The summed E-state index contributed by atoms with van der Waals surface area (Å²) in [5.41, 5.74) is 4.60. The molecule has 1 fully saturated rings. The Morgan fingerprint density at radius 1 is 0.963 bits per heavy atom. The Morgan fingerprint density at radius 3 is 2.00 bits per heavy atom. The standard InChI is InChI=1S/C23H31N3O/c1-4-25(5-2)23(27)21-12-10-20(11-13-21)22(26-16-14-24-15-17-26)19-8-6-18(3)7-9-19/h6-13,22,24H,4-5,14-17H2,1-3H3. The minimum atomic E-state index is 0.112. The van der Waals surface area contributed by atoms with E-state index in [0.717, 1.165) is 44.8 Å². The zero-order valence-corrected chi connectivity index (χ0v) is 16.7. The van der Waals surface area contributed by atoms with Gasteiger partial charge in [0, 0.05) is 44.8 Å². The third-order valence-electron chi connectivity index (χ3n) is 5.43. The van der Waals surface area contributed by atoms with Crippen molar-refractivity contribution in [3.8, 4) is 0 Å². The van der Waals surface area contributed by atoms with Crippen molar-refractivity contribution in [1.82, 2.24) is 15.1 Å². The minimum Gasteiger partial charge on any atom is -0.339 e. The number of nitrogens with one attached hydrogen (secondary N) is 1. The number of piperazine rings is 1. The van der Waals surface area contributed by atoms with Crippen LogP contribution in [0.2, 0.25) is 0 Å². The van der Waals surface area contributed by atoms with Gasteiger partial charge in [-0.1, -0.05) is 42.0 Å². The number of nitrogens with zero attached hydrogens (tertiary/aromatic N) is 2. The number of carbonyl (C=O) groups is 1. The van der Waals surface area contributed by atoms with Gasteiger partial charge in [0.05, 0.1) is 6.04 Å². The summed E-state index contributed by atoms with van der Waals surface area (Å²) in [6, 6.07) is 17.3. The molecule has 1 N–H and O–H groups in total. The third kappa shape index (κ3) is 4.57. The number of amides is 1. The van der Waals surface area contributed by atoms with Gasteiger partial charge in [0.2, 0.25) is 0 Å². The van der Waals surface area contributed by atoms with E-state index in [1.54, 1.807) is 0 Å². The highest BCUT2D eigenvalue weighted by atomic mass is 16.2. The highest BCUT2D eigenvalue weighted by Gasteiger charge is 2.24. The van der Waals surface area contributed by atoms with E-state index in [2.05, 4.69) is 53.5 Å². The molecule has 0 aliphatic carbocycles. The molecule has 1 aliphatic rings. The molecule has 1 unspecified atom stereocenters. The van der Waals surface area contributed by atoms with Gasteiger partial charge in [-0.15, -0.1) is 0 Å². The first kappa shape index (κ1) is 19.6. The van der Waals surface area contributed by atoms with Crippen molar-refractivity contribution >= 4 is 5.91 Å². The Labute approximate surface area is 163 Å². The number of hydrogen-bond donors (Lipinski definition) is 1. The molecule has 4 heteroatoms. The zero-order valence-electron chi connectivity index (χ0n) is 16.7. The Hall–Kier alpha value is -2.17. The molecule has 1 atom stereocenters. The lowest BCUT2D eigenvalue weighted by atomic mass is 9.94. The summed E-state index contributed by atoms with van der Waals surface area (Å²) in [5.74, 6) is 0.112. The lowest BCUT2D eigenvalue weighted by Crippen LogP contribution is -2.45. The maximum Gasteiger partial charge on any atom is 0.253 e. The molecule has 2 aromatic rings. The third-order valence-corrected chi connectivity index (χ3v) is 5.43. The molecule has 1 heterocycles. The molecule has 1 amide bonds. The average Bonchev–Trinajstić information content (AvgIpc) is 2.72. The van der Waals surface area contributed by atoms with Gasteiger partial charge in [-0.3, -0.25) is 9.69 Å². The lowest BCUT2D eigenvalue weighted by Gasteiger charge is -2.35. The van der Waals surface area contributed by atoms with Crippen LogP contribution in [0.25, 0.3) is 0 Å². The van der Waals surface area contributed by atoms with Gasteiger partial charge < -0.3 is 10.2 Å². The fourth-order valence-corrected chi connectivity index (χ4v) is 3.80. The van der Waals surface area contributed by atoms with Crippen molar-refractivity contribution in [3.05, 3.63) is 70.8 Å². The number of carbonyl (C=O) groups excluding carboxylic acids is 1. The predicted molar refractivity (Wildman–Crippen MR) is 111 cm³/mol. The molecule has 0 spiro atoms. The van der Waals surface area contributed by atoms with Crippen LogP contribution >= 0.6 is 0 Å². The molecule has 1 saturated heterocycles. The number of aryl methyl sites for hydroxylation is 1. The topological polar surface area (TPSA) is 35.6 Å². The van der Waals surface area contributed by atoms with E-state index in [0.29, 0.717) is 0 Å². The second kappa shape index (κ2) is 9.16. The molecule has 4 nitrogen and oxygen atoms in total. The highest BCUT2D eigenvalue weighted by Crippen LogP contribution is 2.29. The van der Waals surface area contributed by atoms with Gasteiger partial charge in [-0.25, -0.2) is 0 Å². The second-order valence-electron chi connectivity index (χ2n) is 7.20. The van der Waals surface area contributed by atoms with E-state index >= 15 is 0 Å². The molecular weight excluding hydrogens is 334 g/mol. The van der Waals surface area contributed by atoms with Crippen molar-refractivity contribution < 1.29 is 4.79 Å². The fourth-order valence-electron chi connectivity index (χ4n) is 3.80. The van der Waals surface area contributed by atoms with Crippen LogP contribution in [-0.4, -0.2) is 55.0 Å². The van der Waals surface area contributed by atoms with E-state index in [9.17, 15) is 4.79 Å². The zero-order chi connectivity index (χ0) is 19.2. The van der Waals surface area contributed by atoms with Gasteiger partial charge in [0.15, 0.2) is 0 Å². The van der Waals surface area contributed by atoms with Crippen LogP contribution in [-0.2, 0) is 0 Å². The summed E-state index contributed by atoms with van der Waals surface area (Å²) in [5, 5.41) is 3.44. The summed E-state index contributed by atoms with van der Waals surface area (Å²) >= 11 is 0. The van der Waals surface area contributed by atoms with Crippen molar-refractivity contribution in [1.29, 1.82) is 0 Å². The van der Waals surface area contributed by atoms with E-state index in [1.807, 2.05) is 30.9 Å². The summed E-state index contributed by atoms with van der Waals surface area (Å²) in [7, 11) is 0. The van der Waals surface area contributed by atoms with Gasteiger partial charge in [-0.2, -0.15) is 0 Å². The molecule has 144 valence electrons. The van der Waals surface area contributed by atoms with Gasteiger partial charge in [0.1, 0.15) is 0 Å². The maximum atomic E-state index is 12.6. The summed E-state index contributed by atoms with van der Waals surface area (Å²) < 4.78 is 0. The summed E-state index contributed by atoms with van der Waals surface area (Å²) in [6.45, 7) is 11.7. The van der Waals surface area contributed by atoms with Crippen molar-refractivity contribution in [3.63, 3.8) is 0 Å². The van der Waals surface area contributed by atoms with Crippen LogP contribution in [0.4, 0.5) is 0 Å². The molecule has 0 radical (unpaired) electrons. The van der Waals surface area contributed by atoms with Gasteiger partial charge >= 0.3 is 0 Å². The van der Waals surface area contributed by atoms with Crippen LogP contribution in [0, 0.1) is 6.92 Å². The normalized spacial score (nSPS) is 16.1. The predicted octanol–water partition coefficient (Wildman–Crippen LogP) is 3.47. The van der Waals surface area contributed by atoms with Crippen molar-refractivity contribution in [2.24, 2.45) is 0 Å². The summed E-state index contributed by atoms with van der Waals surface area (Å²) in [6.07, 6.45) is 0. The van der Waals surface area contributed by atoms with Crippen LogP contribution in [0.1, 0.15) is 46.9 Å². The first-order valence-corrected chi connectivity index (χ1v) is 10.0. The minimum absolute atomic E-state index is 0.112. The SMILES string of the molecule is CCN(CC)C(=O)c1ccc(C(c2ccc(C)cc2)N2CCNCC2)cc1. The van der Waals surface area contributed by atoms with Crippen LogP contribution in [0.3, 0.4) is 0 Å². The van der Waals surface area contributed by atoms with Crippen molar-refractivity contribution in [2.45, 2.75) is 26.8 Å². The van der Waals surface area contributed by atoms with E-state index < -0.39 is 0 Å². The molecule has 1 aliphatic heterocycles. The van der Waals surface area contributed by atoms with Crippen LogP contribution in [0.15, 0.2) is 48.5 Å². The number of benzene rings is 2. The first-order valence-electron chi connectivity index (χ1n) is 10.0. The van der Waals surface area contributed by atoms with Crippen LogP contribution < -0.4 is 5.32 Å². The van der Waals surface area contributed by atoms with Gasteiger partial charge in [-0.05, 0) is 44.0 Å². The average molecular weight is 366 g/mol. The molecular formula is C23H31N3O. The molecule has 0 saturated carbocycles. The largest absolute Gasteiger partial charge is 0.339 e. The second-order valence-corrected chi connectivity index (χ2v) is 7.20. The van der Waals surface area contributed by atoms with Crippen molar-refractivity contribution in [2.75, 3.05) is 39.3 Å². The Balaban J connectivity index is 1.90. The molecule has 0 bridgehead atoms. The van der Waals surface area contributed by atoms with Crippen LogP contribution in [0.5, 0.6) is 0 Å². The lowest BCUT2D eigenvalue weighted by molar-refractivity contribution is 0.0773. The number of hydrogen-bond acceptors (Lipinski definition) is 3. The van der Waals surface area contributed by atoms with Gasteiger partial charge in [0.25, 0.3) is 5.91 Å².